The largest absolute Gasteiger partial charge is 0.299 e. The van der Waals surface area contributed by atoms with Gasteiger partial charge in [-0.25, -0.2) is 0 Å². The summed E-state index contributed by atoms with van der Waals surface area (Å²) in [5, 5.41) is 4.25. The zero-order valence-corrected chi connectivity index (χ0v) is 10.5. The highest BCUT2D eigenvalue weighted by Crippen LogP contribution is 2.35. The topological polar surface area (TPSA) is 12.0 Å². The number of benzene rings is 1. The fraction of sp³-hybridized carbons (Fsp3) is 0.538. The quantitative estimate of drug-likeness (QED) is 0.823. The Balaban J connectivity index is 2.07. The molecule has 0 aromatic heterocycles. The van der Waals surface area contributed by atoms with E-state index in [0.717, 1.165) is 0 Å². The van der Waals surface area contributed by atoms with Crippen LogP contribution in [0.4, 0.5) is 0 Å². The Morgan fingerprint density at radius 2 is 2.00 bits per heavy atom. The van der Waals surface area contributed by atoms with Crippen LogP contribution in [-0.2, 0) is 0 Å². The molecule has 2 heteroatoms. The van der Waals surface area contributed by atoms with E-state index in [1.807, 2.05) is 11.8 Å². The first-order valence-corrected chi connectivity index (χ1v) is 6.58. The molecule has 1 aliphatic rings. The van der Waals surface area contributed by atoms with E-state index in [1.54, 1.807) is 0 Å². The maximum absolute atomic E-state index is 3.69. The van der Waals surface area contributed by atoms with Crippen molar-refractivity contribution in [2.45, 2.75) is 37.6 Å². The summed E-state index contributed by atoms with van der Waals surface area (Å²) in [6.45, 7) is 6.86. The molecule has 82 valence electrons. The molecule has 2 unspecified atom stereocenters. The first-order valence-electron chi connectivity index (χ1n) is 5.53. The van der Waals surface area contributed by atoms with Crippen LogP contribution in [0, 0.1) is 0 Å². The van der Waals surface area contributed by atoms with Crippen LogP contribution in [0.1, 0.15) is 32.3 Å². The van der Waals surface area contributed by atoms with Crippen molar-refractivity contribution in [2.75, 3.05) is 5.75 Å². The van der Waals surface area contributed by atoms with E-state index >= 15 is 0 Å². The van der Waals surface area contributed by atoms with Crippen molar-refractivity contribution < 1.29 is 0 Å². The molecule has 1 aromatic rings. The molecule has 1 saturated heterocycles. The lowest BCUT2D eigenvalue weighted by Crippen LogP contribution is -2.40. The lowest BCUT2D eigenvalue weighted by molar-refractivity contribution is 0.425. The van der Waals surface area contributed by atoms with Crippen molar-refractivity contribution >= 4 is 11.8 Å². The molecule has 1 fully saturated rings. The maximum atomic E-state index is 3.69. The molecular formula is C13H19NS. The lowest BCUT2D eigenvalue weighted by atomic mass is 9.99. The van der Waals surface area contributed by atoms with E-state index in [4.69, 9.17) is 0 Å². The Bertz CT molecular complexity index is 321. The van der Waals surface area contributed by atoms with Crippen LogP contribution < -0.4 is 5.32 Å². The highest BCUT2D eigenvalue weighted by molar-refractivity contribution is 8.00. The Morgan fingerprint density at radius 1 is 1.33 bits per heavy atom. The summed E-state index contributed by atoms with van der Waals surface area (Å²) in [6.07, 6.45) is 0. The Kier molecular flexibility index (Phi) is 3.08. The molecule has 1 aromatic carbocycles. The van der Waals surface area contributed by atoms with Crippen molar-refractivity contribution in [2.24, 2.45) is 0 Å². The van der Waals surface area contributed by atoms with E-state index in [0.29, 0.717) is 16.8 Å². The molecule has 1 N–H and O–H groups in total. The van der Waals surface area contributed by atoms with Gasteiger partial charge in [0.05, 0.1) is 5.37 Å². The van der Waals surface area contributed by atoms with E-state index in [-0.39, 0.29) is 0 Å². The van der Waals surface area contributed by atoms with Crippen molar-refractivity contribution in [1.29, 1.82) is 0 Å². The molecular weight excluding hydrogens is 202 g/mol. The zero-order valence-electron chi connectivity index (χ0n) is 9.66. The Labute approximate surface area is 96.7 Å². The molecule has 0 saturated carbocycles. The highest BCUT2D eigenvalue weighted by Gasteiger charge is 2.33. The second kappa shape index (κ2) is 4.18. The predicted octanol–water partition coefficient (Wildman–Crippen LogP) is 3.23. The summed E-state index contributed by atoms with van der Waals surface area (Å²) in [6, 6.07) is 10.8. The number of hydrogen-bond donors (Lipinski definition) is 1. The fourth-order valence-corrected chi connectivity index (χ4v) is 3.50. The van der Waals surface area contributed by atoms with Gasteiger partial charge in [-0.05, 0) is 19.4 Å². The molecule has 15 heavy (non-hydrogen) atoms. The van der Waals surface area contributed by atoms with Gasteiger partial charge in [0.2, 0.25) is 0 Å². The van der Waals surface area contributed by atoms with Gasteiger partial charge in [0, 0.05) is 17.2 Å². The molecule has 2 rings (SSSR count). The van der Waals surface area contributed by atoms with Gasteiger partial charge in [-0.15, -0.1) is 11.8 Å². The van der Waals surface area contributed by atoms with Gasteiger partial charge in [-0.2, -0.15) is 0 Å². The maximum Gasteiger partial charge on any atom is 0.0603 e. The van der Waals surface area contributed by atoms with Crippen LogP contribution in [0.3, 0.4) is 0 Å². The number of thioether (sulfide) groups is 1. The summed E-state index contributed by atoms with van der Waals surface area (Å²) in [5.41, 5.74) is 1.72. The van der Waals surface area contributed by atoms with Crippen LogP contribution >= 0.6 is 11.8 Å². The molecule has 1 aliphatic heterocycles. The van der Waals surface area contributed by atoms with Crippen molar-refractivity contribution in [1.82, 2.24) is 5.32 Å². The van der Waals surface area contributed by atoms with Gasteiger partial charge in [-0.1, -0.05) is 37.3 Å². The van der Waals surface area contributed by atoms with Crippen LogP contribution in [0.2, 0.25) is 0 Å². The van der Waals surface area contributed by atoms with Crippen LogP contribution in [-0.4, -0.2) is 16.7 Å². The monoisotopic (exact) mass is 221 g/mol. The average molecular weight is 221 g/mol. The Hall–Kier alpha value is -0.470. The number of hydrogen-bond acceptors (Lipinski definition) is 2. The summed E-state index contributed by atoms with van der Waals surface area (Å²) in [7, 11) is 0. The minimum atomic E-state index is 0.290. The van der Waals surface area contributed by atoms with Gasteiger partial charge in [0.1, 0.15) is 0 Å². The zero-order chi connectivity index (χ0) is 10.9. The first-order chi connectivity index (χ1) is 7.08. The number of nitrogens with one attached hydrogen (secondary N) is 1. The van der Waals surface area contributed by atoms with Gasteiger partial charge in [0.15, 0.2) is 0 Å². The van der Waals surface area contributed by atoms with Gasteiger partial charge < -0.3 is 0 Å². The summed E-state index contributed by atoms with van der Waals surface area (Å²) >= 11 is 2.04. The smallest absolute Gasteiger partial charge is 0.0603 e. The molecule has 0 spiro atoms. The van der Waals surface area contributed by atoms with E-state index in [2.05, 4.69) is 56.4 Å². The molecule has 1 heterocycles. The minimum Gasteiger partial charge on any atom is -0.299 e. The van der Waals surface area contributed by atoms with E-state index in [9.17, 15) is 0 Å². The van der Waals surface area contributed by atoms with E-state index < -0.39 is 0 Å². The third kappa shape index (κ3) is 2.56. The fourth-order valence-electron chi connectivity index (χ4n) is 1.97. The normalized spacial score (nSPS) is 26.5. The van der Waals surface area contributed by atoms with Crippen molar-refractivity contribution in [3.05, 3.63) is 35.9 Å². The van der Waals surface area contributed by atoms with Crippen LogP contribution in [0.5, 0.6) is 0 Å². The minimum absolute atomic E-state index is 0.290. The lowest BCUT2D eigenvalue weighted by Gasteiger charge is -2.23. The highest BCUT2D eigenvalue weighted by atomic mass is 32.2. The summed E-state index contributed by atoms with van der Waals surface area (Å²) in [5.74, 6) is 1.78. The Morgan fingerprint density at radius 3 is 2.53 bits per heavy atom. The standard InChI is InChI=1S/C13H19NS/c1-10(11-7-5-4-6-8-11)12-14-13(2,3)9-15-12/h4-8,10,12,14H,9H2,1-3H3. The number of rotatable bonds is 2. The molecule has 1 nitrogen and oxygen atoms in total. The van der Waals surface area contributed by atoms with Crippen molar-refractivity contribution in [3.8, 4) is 0 Å². The summed E-state index contributed by atoms with van der Waals surface area (Å²) in [4.78, 5) is 0. The molecule has 0 aliphatic carbocycles. The molecule has 0 bridgehead atoms. The van der Waals surface area contributed by atoms with Gasteiger partial charge in [-0.3, -0.25) is 5.32 Å². The van der Waals surface area contributed by atoms with E-state index in [1.165, 1.54) is 11.3 Å². The van der Waals surface area contributed by atoms with Crippen molar-refractivity contribution in [3.63, 3.8) is 0 Å². The second-order valence-corrected chi connectivity index (χ2v) is 6.09. The van der Waals surface area contributed by atoms with Gasteiger partial charge in [0.25, 0.3) is 0 Å². The third-order valence-corrected chi connectivity index (χ3v) is 4.71. The SMILES string of the molecule is CC(c1ccccc1)C1NC(C)(C)CS1. The predicted molar refractivity (Wildman–Crippen MR) is 68.3 cm³/mol. The average Bonchev–Trinajstić information content (AvgIpc) is 2.59. The molecule has 0 amide bonds. The first kappa shape index (κ1) is 11.0. The van der Waals surface area contributed by atoms with Crippen LogP contribution in [0.15, 0.2) is 30.3 Å². The van der Waals surface area contributed by atoms with Crippen LogP contribution in [0.25, 0.3) is 0 Å². The van der Waals surface area contributed by atoms with Gasteiger partial charge >= 0.3 is 0 Å². The third-order valence-electron chi connectivity index (χ3n) is 2.94. The molecule has 2 atom stereocenters. The summed E-state index contributed by atoms with van der Waals surface area (Å²) < 4.78 is 0. The molecule has 0 radical (unpaired) electrons. The second-order valence-electron chi connectivity index (χ2n) is 4.96.